The highest BCUT2D eigenvalue weighted by Gasteiger charge is 2.37. The maximum atomic E-state index is 12.7. The number of amides is 2. The molecule has 156 valence electrons. The van der Waals surface area contributed by atoms with Gasteiger partial charge in [-0.15, -0.1) is 0 Å². The van der Waals surface area contributed by atoms with Gasteiger partial charge in [-0.1, -0.05) is 18.2 Å². The fourth-order valence-electron chi connectivity index (χ4n) is 4.19. The van der Waals surface area contributed by atoms with E-state index in [2.05, 4.69) is 21.4 Å². The Labute approximate surface area is 170 Å². The molecule has 0 bridgehead atoms. The summed E-state index contributed by atoms with van der Waals surface area (Å²) in [6.07, 6.45) is 3.17. The number of benzene rings is 1. The van der Waals surface area contributed by atoms with Crippen molar-refractivity contribution < 1.29 is 18.0 Å². The van der Waals surface area contributed by atoms with Crippen LogP contribution in [0.1, 0.15) is 37.7 Å². The van der Waals surface area contributed by atoms with E-state index in [-0.39, 0.29) is 41.9 Å². The molecule has 0 unspecified atom stereocenters. The van der Waals surface area contributed by atoms with Crippen molar-refractivity contribution in [3.05, 3.63) is 29.8 Å². The third-order valence-electron chi connectivity index (χ3n) is 5.75. The quantitative estimate of drug-likeness (QED) is 0.771. The molecule has 2 saturated heterocycles. The number of sulfone groups is 1. The molecule has 2 fully saturated rings. The lowest BCUT2D eigenvalue weighted by Gasteiger charge is -2.27. The summed E-state index contributed by atoms with van der Waals surface area (Å²) in [5.41, 5.74) is 2.48. The number of rotatable bonds is 5. The first-order chi connectivity index (χ1) is 13.9. The summed E-state index contributed by atoms with van der Waals surface area (Å²) in [7, 11) is -3.13. The third kappa shape index (κ3) is 4.44. The van der Waals surface area contributed by atoms with Gasteiger partial charge in [-0.3, -0.25) is 9.59 Å². The first-order valence-corrected chi connectivity index (χ1v) is 12.0. The molecule has 1 N–H and O–H groups in total. The van der Waals surface area contributed by atoms with Crippen LogP contribution in [-0.4, -0.2) is 61.6 Å². The van der Waals surface area contributed by atoms with Crippen molar-refractivity contribution in [2.24, 2.45) is 5.10 Å². The average Bonchev–Trinajstić information content (AvgIpc) is 3.36. The number of nitrogens with zero attached hydrogens (tertiary/aromatic N) is 3. The molecule has 3 aliphatic heterocycles. The van der Waals surface area contributed by atoms with Crippen LogP contribution in [0.3, 0.4) is 0 Å². The highest BCUT2D eigenvalue weighted by Crippen LogP contribution is 2.25. The second-order valence-corrected chi connectivity index (χ2v) is 10.1. The van der Waals surface area contributed by atoms with Crippen LogP contribution in [0, 0.1) is 0 Å². The van der Waals surface area contributed by atoms with Gasteiger partial charge in [0.15, 0.2) is 9.84 Å². The molecular weight excluding hydrogens is 392 g/mol. The molecule has 1 atom stereocenters. The second-order valence-electron chi connectivity index (χ2n) is 7.85. The minimum Gasteiger partial charge on any atom is -0.371 e. The molecular formula is C20H26N4O4S. The van der Waals surface area contributed by atoms with E-state index in [1.54, 1.807) is 0 Å². The molecule has 1 aromatic carbocycles. The van der Waals surface area contributed by atoms with Crippen molar-refractivity contribution in [3.8, 4) is 0 Å². The van der Waals surface area contributed by atoms with Gasteiger partial charge in [-0.05, 0) is 30.9 Å². The molecule has 3 heterocycles. The summed E-state index contributed by atoms with van der Waals surface area (Å²) < 4.78 is 23.5. The number of anilines is 1. The van der Waals surface area contributed by atoms with Crippen molar-refractivity contribution in [2.45, 2.75) is 44.7 Å². The third-order valence-corrected chi connectivity index (χ3v) is 7.50. The monoisotopic (exact) mass is 418 g/mol. The van der Waals surface area contributed by atoms with Gasteiger partial charge in [0, 0.05) is 38.2 Å². The van der Waals surface area contributed by atoms with E-state index in [1.165, 1.54) is 17.9 Å². The van der Waals surface area contributed by atoms with Crippen LogP contribution in [0.2, 0.25) is 0 Å². The van der Waals surface area contributed by atoms with Gasteiger partial charge in [-0.2, -0.15) is 5.10 Å². The molecule has 2 amide bonds. The zero-order valence-corrected chi connectivity index (χ0v) is 17.2. The summed E-state index contributed by atoms with van der Waals surface area (Å²) >= 11 is 0. The van der Waals surface area contributed by atoms with Gasteiger partial charge in [-0.25, -0.2) is 13.4 Å². The van der Waals surface area contributed by atoms with Crippen LogP contribution in [0.25, 0.3) is 0 Å². The summed E-state index contributed by atoms with van der Waals surface area (Å²) in [5.74, 6) is -0.547. The van der Waals surface area contributed by atoms with Gasteiger partial charge >= 0.3 is 0 Å². The molecule has 0 aliphatic carbocycles. The van der Waals surface area contributed by atoms with Crippen molar-refractivity contribution in [1.29, 1.82) is 0 Å². The first kappa shape index (κ1) is 19.9. The van der Waals surface area contributed by atoms with Gasteiger partial charge in [0.1, 0.15) is 5.71 Å². The Bertz CT molecular complexity index is 938. The van der Waals surface area contributed by atoms with E-state index in [0.29, 0.717) is 13.0 Å². The Morgan fingerprint density at radius 3 is 2.66 bits per heavy atom. The molecule has 0 radical (unpaired) electrons. The van der Waals surface area contributed by atoms with Gasteiger partial charge in [0.2, 0.25) is 5.91 Å². The van der Waals surface area contributed by atoms with Gasteiger partial charge < -0.3 is 10.2 Å². The largest absolute Gasteiger partial charge is 0.371 e. The van der Waals surface area contributed by atoms with E-state index < -0.39 is 15.9 Å². The van der Waals surface area contributed by atoms with Crippen molar-refractivity contribution >= 4 is 33.1 Å². The van der Waals surface area contributed by atoms with Crippen molar-refractivity contribution in [3.63, 3.8) is 0 Å². The number of hydrogen-bond acceptors (Lipinski definition) is 6. The summed E-state index contributed by atoms with van der Waals surface area (Å²) in [6.45, 7) is 2.44. The number of para-hydroxylation sites is 1. The van der Waals surface area contributed by atoms with Crippen LogP contribution in [-0.2, 0) is 26.0 Å². The number of hydrazone groups is 1. The van der Waals surface area contributed by atoms with Gasteiger partial charge in [0.05, 0.1) is 17.5 Å². The van der Waals surface area contributed by atoms with Crippen LogP contribution >= 0.6 is 0 Å². The SMILES string of the molecule is O=C(NCc1ccccc1N1CCCC1)C1=NN([C@H]2CCS(=O)(=O)C2)C(=O)CC1. The van der Waals surface area contributed by atoms with Crippen LogP contribution < -0.4 is 10.2 Å². The lowest BCUT2D eigenvalue weighted by Crippen LogP contribution is -2.43. The lowest BCUT2D eigenvalue weighted by molar-refractivity contribution is -0.133. The van der Waals surface area contributed by atoms with E-state index in [0.717, 1.165) is 24.3 Å². The standard InChI is InChI=1S/C20H26N4O4S/c25-19-8-7-17(22-24(19)16-9-12-29(27,28)14-16)20(26)21-13-15-5-1-2-6-18(15)23-10-3-4-11-23/h1-2,5-6,16H,3-4,7-14H2,(H,21,26)/t16-/m0/s1. The van der Waals surface area contributed by atoms with Crippen LogP contribution in [0.5, 0.6) is 0 Å². The summed E-state index contributed by atoms with van der Waals surface area (Å²) in [4.78, 5) is 27.2. The lowest BCUT2D eigenvalue weighted by atomic mass is 10.1. The molecule has 0 spiro atoms. The Balaban J connectivity index is 1.43. The van der Waals surface area contributed by atoms with Crippen LogP contribution in [0.4, 0.5) is 5.69 Å². The van der Waals surface area contributed by atoms with Crippen molar-refractivity contribution in [1.82, 2.24) is 10.3 Å². The fraction of sp³-hybridized carbons (Fsp3) is 0.550. The van der Waals surface area contributed by atoms with Gasteiger partial charge in [0.25, 0.3) is 5.91 Å². The minimum atomic E-state index is -3.13. The summed E-state index contributed by atoms with van der Waals surface area (Å²) in [5, 5.41) is 8.38. The fourth-order valence-corrected chi connectivity index (χ4v) is 5.88. The molecule has 1 aromatic rings. The molecule has 3 aliphatic rings. The Hall–Kier alpha value is -2.42. The smallest absolute Gasteiger partial charge is 0.267 e. The molecule has 9 heteroatoms. The molecule has 8 nitrogen and oxygen atoms in total. The number of hydrogen-bond donors (Lipinski definition) is 1. The second kappa shape index (κ2) is 8.14. The Morgan fingerprint density at radius 2 is 1.93 bits per heavy atom. The number of carbonyl (C=O) groups is 2. The highest BCUT2D eigenvalue weighted by molar-refractivity contribution is 7.91. The van der Waals surface area contributed by atoms with Crippen LogP contribution in [0.15, 0.2) is 29.4 Å². The maximum absolute atomic E-state index is 12.7. The minimum absolute atomic E-state index is 0.0613. The first-order valence-electron chi connectivity index (χ1n) is 10.1. The van der Waals surface area contributed by atoms with E-state index >= 15 is 0 Å². The Kier molecular flexibility index (Phi) is 5.58. The average molecular weight is 419 g/mol. The van der Waals surface area contributed by atoms with E-state index in [4.69, 9.17) is 0 Å². The predicted molar refractivity (Wildman–Crippen MR) is 110 cm³/mol. The topological polar surface area (TPSA) is 99.2 Å². The Morgan fingerprint density at radius 1 is 1.17 bits per heavy atom. The zero-order valence-electron chi connectivity index (χ0n) is 16.3. The summed E-state index contributed by atoms with van der Waals surface area (Å²) in [6, 6.07) is 7.58. The normalized spacial score (nSPS) is 23.9. The number of nitrogens with one attached hydrogen (secondary N) is 1. The molecule has 0 aromatic heterocycles. The van der Waals surface area contributed by atoms with E-state index in [1.807, 2.05) is 18.2 Å². The van der Waals surface area contributed by atoms with E-state index in [9.17, 15) is 18.0 Å². The van der Waals surface area contributed by atoms with Crippen molar-refractivity contribution in [2.75, 3.05) is 29.5 Å². The number of carbonyl (C=O) groups excluding carboxylic acids is 2. The maximum Gasteiger partial charge on any atom is 0.267 e. The zero-order chi connectivity index (χ0) is 20.4. The molecule has 4 rings (SSSR count). The molecule has 29 heavy (non-hydrogen) atoms. The predicted octanol–water partition coefficient (Wildman–Crippen LogP) is 1.07. The highest BCUT2D eigenvalue weighted by atomic mass is 32.2. The molecule has 0 saturated carbocycles.